The standard InChI is InChI=1S/C25H26FN3O/c26-20-12-10-18(11-13-20)17-29(21-14-15-21)25(30)23-22-9-5-2-6-16-28(22)24(27-23)19-7-3-1-4-8-19/h1,3-4,7-8,10-13,21H,2,5-6,9,14-17H2. The summed E-state index contributed by atoms with van der Waals surface area (Å²) in [6.07, 6.45) is 6.30. The topological polar surface area (TPSA) is 38.1 Å². The van der Waals surface area contributed by atoms with Gasteiger partial charge in [-0.2, -0.15) is 0 Å². The van der Waals surface area contributed by atoms with E-state index in [1.165, 1.54) is 18.6 Å². The first-order valence-corrected chi connectivity index (χ1v) is 10.9. The third kappa shape index (κ3) is 3.76. The number of hydrogen-bond acceptors (Lipinski definition) is 2. The molecule has 2 aliphatic rings. The fourth-order valence-corrected chi connectivity index (χ4v) is 4.37. The minimum atomic E-state index is -0.255. The molecule has 1 fully saturated rings. The van der Waals surface area contributed by atoms with Gasteiger partial charge in [-0.05, 0) is 49.8 Å². The van der Waals surface area contributed by atoms with Crippen molar-refractivity contribution in [2.45, 2.75) is 57.7 Å². The van der Waals surface area contributed by atoms with E-state index in [9.17, 15) is 9.18 Å². The molecule has 3 aromatic rings. The van der Waals surface area contributed by atoms with Crippen LogP contribution in [-0.4, -0.2) is 26.4 Å². The summed E-state index contributed by atoms with van der Waals surface area (Å²) in [5.74, 6) is 0.651. The van der Waals surface area contributed by atoms with Crippen molar-refractivity contribution in [3.63, 3.8) is 0 Å². The molecule has 1 aliphatic heterocycles. The second-order valence-electron chi connectivity index (χ2n) is 8.35. The van der Waals surface area contributed by atoms with Crippen molar-refractivity contribution in [2.75, 3.05) is 0 Å². The molecular formula is C25H26FN3O. The molecule has 0 bridgehead atoms. The molecule has 0 spiro atoms. The molecule has 1 saturated carbocycles. The molecule has 1 amide bonds. The average Bonchev–Trinajstić information content (AvgIpc) is 3.58. The second-order valence-corrected chi connectivity index (χ2v) is 8.35. The van der Waals surface area contributed by atoms with Crippen LogP contribution < -0.4 is 0 Å². The third-order valence-corrected chi connectivity index (χ3v) is 6.12. The lowest BCUT2D eigenvalue weighted by atomic mass is 10.1. The zero-order valence-corrected chi connectivity index (χ0v) is 17.1. The van der Waals surface area contributed by atoms with Crippen LogP contribution in [0.3, 0.4) is 0 Å². The van der Waals surface area contributed by atoms with E-state index < -0.39 is 0 Å². The van der Waals surface area contributed by atoms with Gasteiger partial charge in [-0.3, -0.25) is 4.79 Å². The number of rotatable bonds is 5. The largest absolute Gasteiger partial charge is 0.330 e. The van der Waals surface area contributed by atoms with E-state index in [1.807, 2.05) is 23.1 Å². The molecule has 1 aromatic heterocycles. The Balaban J connectivity index is 1.52. The molecule has 0 unspecified atom stereocenters. The monoisotopic (exact) mass is 403 g/mol. The van der Waals surface area contributed by atoms with Gasteiger partial charge in [0.1, 0.15) is 17.3 Å². The minimum absolute atomic E-state index is 0.00894. The van der Waals surface area contributed by atoms with E-state index >= 15 is 0 Å². The van der Waals surface area contributed by atoms with Crippen LogP contribution in [0.4, 0.5) is 4.39 Å². The van der Waals surface area contributed by atoms with Gasteiger partial charge in [0, 0.05) is 24.7 Å². The van der Waals surface area contributed by atoms with Gasteiger partial charge in [0.15, 0.2) is 0 Å². The van der Waals surface area contributed by atoms with E-state index in [-0.39, 0.29) is 17.8 Å². The molecule has 2 heterocycles. The number of fused-ring (bicyclic) bond motifs is 1. The fourth-order valence-electron chi connectivity index (χ4n) is 4.37. The van der Waals surface area contributed by atoms with E-state index in [2.05, 4.69) is 16.7 Å². The Kier molecular flexibility index (Phi) is 5.11. The van der Waals surface area contributed by atoms with Gasteiger partial charge < -0.3 is 9.47 Å². The molecule has 154 valence electrons. The summed E-state index contributed by atoms with van der Waals surface area (Å²) in [5, 5.41) is 0. The molecule has 0 radical (unpaired) electrons. The predicted molar refractivity (Wildman–Crippen MR) is 115 cm³/mol. The summed E-state index contributed by atoms with van der Waals surface area (Å²) in [6.45, 7) is 1.40. The van der Waals surface area contributed by atoms with Gasteiger partial charge in [-0.25, -0.2) is 9.37 Å². The van der Waals surface area contributed by atoms with Crippen molar-refractivity contribution in [1.29, 1.82) is 0 Å². The van der Waals surface area contributed by atoms with E-state index in [4.69, 9.17) is 4.98 Å². The molecule has 2 aromatic carbocycles. The van der Waals surface area contributed by atoms with Crippen LogP contribution in [0.15, 0.2) is 54.6 Å². The van der Waals surface area contributed by atoms with Gasteiger partial charge >= 0.3 is 0 Å². The Morgan fingerprint density at radius 3 is 2.53 bits per heavy atom. The number of carbonyl (C=O) groups excluding carboxylic acids is 1. The van der Waals surface area contributed by atoms with Gasteiger partial charge in [-0.1, -0.05) is 48.9 Å². The van der Waals surface area contributed by atoms with Crippen molar-refractivity contribution < 1.29 is 9.18 Å². The summed E-state index contributed by atoms with van der Waals surface area (Å²) in [4.78, 5) is 20.5. The van der Waals surface area contributed by atoms with Crippen LogP contribution in [0.2, 0.25) is 0 Å². The van der Waals surface area contributed by atoms with Crippen LogP contribution >= 0.6 is 0 Å². The molecule has 0 N–H and O–H groups in total. The van der Waals surface area contributed by atoms with Crippen molar-refractivity contribution in [3.8, 4) is 11.4 Å². The van der Waals surface area contributed by atoms with Crippen molar-refractivity contribution in [2.24, 2.45) is 0 Å². The summed E-state index contributed by atoms with van der Waals surface area (Å²) in [7, 11) is 0. The highest BCUT2D eigenvalue weighted by Gasteiger charge is 2.36. The maximum absolute atomic E-state index is 13.7. The normalized spacial score (nSPS) is 16.0. The molecular weight excluding hydrogens is 377 g/mol. The summed E-state index contributed by atoms with van der Waals surface area (Å²) >= 11 is 0. The van der Waals surface area contributed by atoms with Crippen molar-refractivity contribution in [1.82, 2.24) is 14.5 Å². The molecule has 0 saturated heterocycles. The van der Waals surface area contributed by atoms with Crippen LogP contribution in [0.5, 0.6) is 0 Å². The smallest absolute Gasteiger partial charge is 0.274 e. The molecule has 0 atom stereocenters. The van der Waals surface area contributed by atoms with E-state index in [0.717, 1.165) is 61.3 Å². The SMILES string of the molecule is O=C(c1nc(-c2ccccc2)n2c1CCCCC2)N(Cc1ccc(F)cc1)C1CC1. The summed E-state index contributed by atoms with van der Waals surface area (Å²) < 4.78 is 15.6. The number of hydrogen-bond donors (Lipinski definition) is 0. The van der Waals surface area contributed by atoms with Gasteiger partial charge in [0.05, 0.1) is 5.69 Å². The minimum Gasteiger partial charge on any atom is -0.330 e. The van der Waals surface area contributed by atoms with Crippen LogP contribution in [0.1, 0.15) is 53.8 Å². The van der Waals surface area contributed by atoms with Crippen LogP contribution in [-0.2, 0) is 19.5 Å². The number of nitrogens with zero attached hydrogens (tertiary/aromatic N) is 3. The third-order valence-electron chi connectivity index (χ3n) is 6.12. The Morgan fingerprint density at radius 2 is 1.80 bits per heavy atom. The lowest BCUT2D eigenvalue weighted by Crippen LogP contribution is -2.33. The number of benzene rings is 2. The molecule has 4 nitrogen and oxygen atoms in total. The Labute approximate surface area is 176 Å². The van der Waals surface area contributed by atoms with E-state index in [0.29, 0.717) is 12.2 Å². The highest BCUT2D eigenvalue weighted by atomic mass is 19.1. The first-order chi connectivity index (χ1) is 14.7. The molecule has 30 heavy (non-hydrogen) atoms. The number of carbonyl (C=O) groups is 1. The first kappa shape index (κ1) is 19.0. The Hall–Kier alpha value is -2.95. The maximum Gasteiger partial charge on any atom is 0.274 e. The van der Waals surface area contributed by atoms with Crippen molar-refractivity contribution >= 4 is 5.91 Å². The second kappa shape index (κ2) is 8.05. The fraction of sp³-hybridized carbons (Fsp3) is 0.360. The highest BCUT2D eigenvalue weighted by Crippen LogP contribution is 2.33. The van der Waals surface area contributed by atoms with Gasteiger partial charge in [0.25, 0.3) is 5.91 Å². The lowest BCUT2D eigenvalue weighted by molar-refractivity contribution is 0.0723. The zero-order chi connectivity index (χ0) is 20.5. The zero-order valence-electron chi connectivity index (χ0n) is 17.1. The molecule has 1 aliphatic carbocycles. The average molecular weight is 404 g/mol. The van der Waals surface area contributed by atoms with Gasteiger partial charge in [-0.15, -0.1) is 0 Å². The van der Waals surface area contributed by atoms with Gasteiger partial charge in [0.2, 0.25) is 0 Å². The molecule has 5 heteroatoms. The predicted octanol–water partition coefficient (Wildman–Crippen LogP) is 5.22. The number of aromatic nitrogens is 2. The molecule has 5 rings (SSSR count). The quantitative estimate of drug-likeness (QED) is 0.586. The summed E-state index contributed by atoms with van der Waals surface area (Å²) in [6, 6.07) is 16.9. The highest BCUT2D eigenvalue weighted by molar-refractivity contribution is 5.94. The lowest BCUT2D eigenvalue weighted by Gasteiger charge is -2.22. The number of imidazole rings is 1. The Bertz CT molecular complexity index is 1040. The number of halogens is 1. The van der Waals surface area contributed by atoms with Crippen LogP contribution in [0.25, 0.3) is 11.4 Å². The number of amides is 1. The first-order valence-electron chi connectivity index (χ1n) is 10.9. The van der Waals surface area contributed by atoms with Crippen molar-refractivity contribution in [3.05, 3.63) is 77.4 Å². The maximum atomic E-state index is 13.7. The Morgan fingerprint density at radius 1 is 1.03 bits per heavy atom. The van der Waals surface area contributed by atoms with Crippen LogP contribution in [0, 0.1) is 5.82 Å². The van der Waals surface area contributed by atoms with E-state index in [1.54, 1.807) is 12.1 Å². The summed E-state index contributed by atoms with van der Waals surface area (Å²) in [5.41, 5.74) is 3.67.